The minimum Gasteiger partial charge on any atom is -0.339 e. The Bertz CT molecular complexity index is 360. The van der Waals surface area contributed by atoms with Crippen molar-refractivity contribution < 1.29 is 4.52 Å². The van der Waals surface area contributed by atoms with Gasteiger partial charge in [-0.15, -0.1) is 0 Å². The van der Waals surface area contributed by atoms with Crippen LogP contribution in [0.15, 0.2) is 4.52 Å². The summed E-state index contributed by atoms with van der Waals surface area (Å²) in [4.78, 5) is 9.27. The van der Waals surface area contributed by atoms with Crippen LogP contribution in [0.3, 0.4) is 0 Å². The predicted molar refractivity (Wildman–Crippen MR) is 74.2 cm³/mol. The minimum absolute atomic E-state index is 0.767. The lowest BCUT2D eigenvalue weighted by atomic mass is 10.3. The lowest BCUT2D eigenvalue weighted by Gasteiger charge is -2.31. The molecule has 1 aromatic heterocycles. The third-order valence-corrected chi connectivity index (χ3v) is 3.58. The van der Waals surface area contributed by atoms with Crippen molar-refractivity contribution in [3.8, 4) is 0 Å². The molecule has 0 radical (unpaired) electrons. The average molecular weight is 267 g/mol. The van der Waals surface area contributed by atoms with Crippen molar-refractivity contribution in [2.75, 3.05) is 53.4 Å². The lowest BCUT2D eigenvalue weighted by Crippen LogP contribution is -2.45. The molecule has 0 saturated carbocycles. The SMILES string of the molecule is CNCCCc1nc(CCN2CCN(C)CC2)no1. The summed E-state index contributed by atoms with van der Waals surface area (Å²) in [6.45, 7) is 6.61. The fraction of sp³-hybridized carbons (Fsp3) is 0.846. The molecule has 108 valence electrons. The van der Waals surface area contributed by atoms with Crippen LogP contribution in [-0.2, 0) is 12.8 Å². The molecule has 1 aliphatic heterocycles. The van der Waals surface area contributed by atoms with Gasteiger partial charge in [-0.25, -0.2) is 0 Å². The molecule has 0 spiro atoms. The molecule has 1 saturated heterocycles. The van der Waals surface area contributed by atoms with E-state index >= 15 is 0 Å². The maximum Gasteiger partial charge on any atom is 0.226 e. The normalized spacial score (nSPS) is 18.0. The Morgan fingerprint density at radius 2 is 2.00 bits per heavy atom. The maximum atomic E-state index is 5.25. The van der Waals surface area contributed by atoms with Gasteiger partial charge in [0.05, 0.1) is 0 Å². The fourth-order valence-electron chi connectivity index (χ4n) is 2.24. The molecule has 1 aliphatic rings. The third kappa shape index (κ3) is 4.89. The molecule has 0 aromatic carbocycles. The highest BCUT2D eigenvalue weighted by atomic mass is 16.5. The first-order chi connectivity index (χ1) is 9.28. The van der Waals surface area contributed by atoms with Gasteiger partial charge in [0.15, 0.2) is 5.82 Å². The van der Waals surface area contributed by atoms with E-state index in [-0.39, 0.29) is 0 Å². The van der Waals surface area contributed by atoms with Gasteiger partial charge >= 0.3 is 0 Å². The van der Waals surface area contributed by atoms with Crippen LogP contribution in [-0.4, -0.2) is 73.3 Å². The zero-order valence-corrected chi connectivity index (χ0v) is 12.1. The van der Waals surface area contributed by atoms with Crippen molar-refractivity contribution in [1.29, 1.82) is 0 Å². The summed E-state index contributed by atoms with van der Waals surface area (Å²) in [6, 6.07) is 0. The standard InChI is InChI=1S/C13H25N5O/c1-14-6-3-4-13-15-12(16-19-13)5-7-18-10-8-17(2)9-11-18/h14H,3-11H2,1-2H3. The summed E-state index contributed by atoms with van der Waals surface area (Å²) >= 11 is 0. The predicted octanol–water partition coefficient (Wildman–Crippen LogP) is 0.0115. The number of aryl methyl sites for hydroxylation is 1. The average Bonchev–Trinajstić information content (AvgIpc) is 2.86. The number of hydrogen-bond donors (Lipinski definition) is 1. The first kappa shape index (κ1) is 14.4. The summed E-state index contributed by atoms with van der Waals surface area (Å²) in [7, 11) is 4.13. The smallest absolute Gasteiger partial charge is 0.226 e. The monoisotopic (exact) mass is 267 g/mol. The second kappa shape index (κ2) is 7.57. The van der Waals surface area contributed by atoms with E-state index in [1.165, 1.54) is 0 Å². The van der Waals surface area contributed by atoms with Crippen molar-refractivity contribution in [1.82, 2.24) is 25.3 Å². The number of nitrogens with zero attached hydrogens (tertiary/aromatic N) is 4. The van der Waals surface area contributed by atoms with Gasteiger partial charge in [0.25, 0.3) is 0 Å². The first-order valence-corrected chi connectivity index (χ1v) is 7.15. The summed E-state index contributed by atoms with van der Waals surface area (Å²) < 4.78 is 5.25. The third-order valence-electron chi connectivity index (χ3n) is 3.58. The zero-order chi connectivity index (χ0) is 13.5. The summed E-state index contributed by atoms with van der Waals surface area (Å²) in [5.41, 5.74) is 0. The molecule has 0 aliphatic carbocycles. The highest BCUT2D eigenvalue weighted by molar-refractivity contribution is 4.88. The van der Waals surface area contributed by atoms with Crippen molar-refractivity contribution in [3.63, 3.8) is 0 Å². The van der Waals surface area contributed by atoms with E-state index in [4.69, 9.17) is 4.52 Å². The molecule has 1 N–H and O–H groups in total. The summed E-state index contributed by atoms with van der Waals surface area (Å²) in [5, 5.41) is 7.17. The van der Waals surface area contributed by atoms with E-state index in [9.17, 15) is 0 Å². The maximum absolute atomic E-state index is 5.25. The van der Waals surface area contributed by atoms with E-state index in [0.29, 0.717) is 0 Å². The van der Waals surface area contributed by atoms with Crippen LogP contribution in [0.4, 0.5) is 0 Å². The largest absolute Gasteiger partial charge is 0.339 e. The van der Waals surface area contributed by atoms with Gasteiger partial charge in [-0.1, -0.05) is 5.16 Å². The number of nitrogens with one attached hydrogen (secondary N) is 1. The lowest BCUT2D eigenvalue weighted by molar-refractivity contribution is 0.154. The Labute approximate surface area is 115 Å². The van der Waals surface area contributed by atoms with Crippen LogP contribution in [0.2, 0.25) is 0 Å². The van der Waals surface area contributed by atoms with E-state index in [1.54, 1.807) is 0 Å². The summed E-state index contributed by atoms with van der Waals surface area (Å²) in [5.74, 6) is 1.61. The number of rotatable bonds is 7. The number of aromatic nitrogens is 2. The molecule has 0 bridgehead atoms. The highest BCUT2D eigenvalue weighted by Gasteiger charge is 2.14. The van der Waals surface area contributed by atoms with Gasteiger partial charge in [0.2, 0.25) is 5.89 Å². The highest BCUT2D eigenvalue weighted by Crippen LogP contribution is 2.04. The second-order valence-corrected chi connectivity index (χ2v) is 5.21. The van der Waals surface area contributed by atoms with Gasteiger partial charge in [-0.2, -0.15) is 4.98 Å². The van der Waals surface area contributed by atoms with Crippen molar-refractivity contribution in [2.24, 2.45) is 0 Å². The molecule has 2 heterocycles. The first-order valence-electron chi connectivity index (χ1n) is 7.15. The van der Waals surface area contributed by atoms with Crippen molar-refractivity contribution in [2.45, 2.75) is 19.3 Å². The van der Waals surface area contributed by atoms with Gasteiger partial charge in [0.1, 0.15) is 0 Å². The quantitative estimate of drug-likeness (QED) is 0.703. The second-order valence-electron chi connectivity index (χ2n) is 5.21. The Hall–Kier alpha value is -0.980. The van der Waals surface area contributed by atoms with Crippen LogP contribution in [0.1, 0.15) is 18.1 Å². The Kier molecular flexibility index (Phi) is 5.75. The summed E-state index contributed by atoms with van der Waals surface area (Å²) in [6.07, 6.45) is 2.79. The zero-order valence-electron chi connectivity index (χ0n) is 12.1. The molecule has 0 atom stereocenters. The molecule has 6 nitrogen and oxygen atoms in total. The van der Waals surface area contributed by atoms with Gasteiger partial charge in [-0.3, -0.25) is 0 Å². The Morgan fingerprint density at radius 1 is 1.21 bits per heavy atom. The van der Waals surface area contributed by atoms with Crippen molar-refractivity contribution >= 4 is 0 Å². The molecular formula is C13H25N5O. The van der Waals surface area contributed by atoms with E-state index < -0.39 is 0 Å². The van der Waals surface area contributed by atoms with Crippen LogP contribution >= 0.6 is 0 Å². The Morgan fingerprint density at radius 3 is 2.74 bits per heavy atom. The molecular weight excluding hydrogens is 242 g/mol. The molecule has 1 fully saturated rings. The molecule has 19 heavy (non-hydrogen) atoms. The van der Waals surface area contributed by atoms with Crippen LogP contribution < -0.4 is 5.32 Å². The molecule has 2 rings (SSSR count). The molecule has 6 heteroatoms. The van der Waals surface area contributed by atoms with Crippen LogP contribution in [0, 0.1) is 0 Å². The minimum atomic E-state index is 0.767. The molecule has 1 aromatic rings. The van der Waals surface area contributed by atoms with Gasteiger partial charge in [0, 0.05) is 45.6 Å². The number of likely N-dealkylation sites (N-methyl/N-ethyl adjacent to an activating group) is 1. The van der Waals surface area contributed by atoms with Crippen LogP contribution in [0.5, 0.6) is 0 Å². The number of piperazine rings is 1. The van der Waals surface area contributed by atoms with E-state index in [2.05, 4.69) is 32.3 Å². The van der Waals surface area contributed by atoms with Crippen LogP contribution in [0.25, 0.3) is 0 Å². The van der Waals surface area contributed by atoms with E-state index in [0.717, 1.165) is 70.2 Å². The fourth-order valence-corrected chi connectivity index (χ4v) is 2.24. The van der Waals surface area contributed by atoms with Gasteiger partial charge in [-0.05, 0) is 27.1 Å². The molecule has 0 amide bonds. The Balaban J connectivity index is 1.68. The van der Waals surface area contributed by atoms with Crippen molar-refractivity contribution in [3.05, 3.63) is 11.7 Å². The topological polar surface area (TPSA) is 57.4 Å². The number of hydrogen-bond acceptors (Lipinski definition) is 6. The van der Waals surface area contributed by atoms with E-state index in [1.807, 2.05) is 7.05 Å². The van der Waals surface area contributed by atoms with Gasteiger partial charge < -0.3 is 19.6 Å². The molecule has 0 unspecified atom stereocenters.